The second kappa shape index (κ2) is 15.0. The van der Waals surface area contributed by atoms with E-state index < -0.39 is 12.1 Å². The lowest BCUT2D eigenvalue weighted by molar-refractivity contribution is -0.146. The first-order valence-electron chi connectivity index (χ1n) is 10.6. The number of hydrogen-bond acceptors (Lipinski definition) is 7. The molecule has 0 amide bonds. The number of aliphatic hydroxyl groups is 1. The number of halogens is 2. The highest BCUT2D eigenvalue weighted by atomic mass is 79.9. The molecule has 33 heavy (non-hydrogen) atoms. The minimum atomic E-state index is -0.824. The number of rotatable bonds is 15. The van der Waals surface area contributed by atoms with E-state index >= 15 is 0 Å². The van der Waals surface area contributed by atoms with Crippen molar-refractivity contribution in [3.8, 4) is 23.0 Å². The van der Waals surface area contributed by atoms with E-state index in [1.54, 1.807) is 38.5 Å². The molecule has 1 atom stereocenters. The van der Waals surface area contributed by atoms with Gasteiger partial charge in [0.2, 0.25) is 0 Å². The zero-order valence-corrected chi connectivity index (χ0v) is 22.0. The number of esters is 1. The number of alkyl halides is 2. The van der Waals surface area contributed by atoms with Gasteiger partial charge in [0, 0.05) is 34.6 Å². The fraction of sp³-hybridized carbons (Fsp3) is 0.458. The summed E-state index contributed by atoms with van der Waals surface area (Å²) in [6.07, 6.45) is -0.0316. The molecule has 0 bridgehead atoms. The molecule has 0 saturated heterocycles. The van der Waals surface area contributed by atoms with Gasteiger partial charge in [-0.1, -0.05) is 31.9 Å². The molecule has 2 rings (SSSR count). The molecule has 182 valence electrons. The van der Waals surface area contributed by atoms with Crippen molar-refractivity contribution in [3.63, 3.8) is 0 Å². The van der Waals surface area contributed by atoms with Crippen molar-refractivity contribution in [3.05, 3.63) is 47.5 Å². The van der Waals surface area contributed by atoms with Gasteiger partial charge in [0.1, 0.15) is 23.0 Å². The van der Waals surface area contributed by atoms with E-state index in [9.17, 15) is 9.90 Å². The third-order valence-electron chi connectivity index (χ3n) is 4.74. The Kier molecular flexibility index (Phi) is 12.4. The summed E-state index contributed by atoms with van der Waals surface area (Å²) < 4.78 is 27.1. The SMILES string of the molecule is COc1ccc(OCCC(O)CC(=O)OCCCOc2cc(CBr)c(OC)cc2CBr)cc1. The number of carbonyl (C=O) groups is 1. The van der Waals surface area contributed by atoms with E-state index in [2.05, 4.69) is 31.9 Å². The molecule has 1 unspecified atom stereocenters. The zero-order chi connectivity index (χ0) is 24.1. The summed E-state index contributed by atoms with van der Waals surface area (Å²) in [5, 5.41) is 11.3. The summed E-state index contributed by atoms with van der Waals surface area (Å²) in [5.74, 6) is 2.54. The van der Waals surface area contributed by atoms with Crippen LogP contribution in [0.4, 0.5) is 0 Å². The molecule has 2 aromatic carbocycles. The molecule has 0 aliphatic heterocycles. The van der Waals surface area contributed by atoms with Crippen molar-refractivity contribution < 1.29 is 33.6 Å². The van der Waals surface area contributed by atoms with Crippen LogP contribution in [0.2, 0.25) is 0 Å². The normalized spacial score (nSPS) is 11.5. The minimum absolute atomic E-state index is 0.0757. The van der Waals surface area contributed by atoms with Crippen LogP contribution in [0.1, 0.15) is 30.4 Å². The van der Waals surface area contributed by atoms with Gasteiger partial charge < -0.3 is 28.8 Å². The zero-order valence-electron chi connectivity index (χ0n) is 18.9. The Bertz CT molecular complexity index is 859. The Balaban J connectivity index is 1.63. The Morgan fingerprint density at radius 2 is 1.52 bits per heavy atom. The van der Waals surface area contributed by atoms with Crippen LogP contribution in [0.3, 0.4) is 0 Å². The molecule has 7 nitrogen and oxygen atoms in total. The summed E-state index contributed by atoms with van der Waals surface area (Å²) in [7, 11) is 3.24. The second-order valence-electron chi connectivity index (χ2n) is 7.13. The van der Waals surface area contributed by atoms with Gasteiger partial charge in [-0.05, 0) is 36.4 Å². The Morgan fingerprint density at radius 1 is 0.879 bits per heavy atom. The number of methoxy groups -OCH3 is 2. The molecule has 0 saturated carbocycles. The third-order valence-corrected chi connectivity index (χ3v) is 5.95. The van der Waals surface area contributed by atoms with E-state index in [4.69, 9.17) is 23.7 Å². The maximum Gasteiger partial charge on any atom is 0.308 e. The van der Waals surface area contributed by atoms with Gasteiger partial charge in [-0.3, -0.25) is 4.79 Å². The molecule has 0 spiro atoms. The molecular formula is C24H30Br2O7. The summed E-state index contributed by atoms with van der Waals surface area (Å²) in [6, 6.07) is 11.1. The molecule has 9 heteroatoms. The van der Waals surface area contributed by atoms with Crippen molar-refractivity contribution in [1.29, 1.82) is 0 Å². The average molecular weight is 590 g/mol. The molecule has 0 heterocycles. The van der Waals surface area contributed by atoms with Crippen LogP contribution in [0.5, 0.6) is 23.0 Å². The van der Waals surface area contributed by atoms with Crippen LogP contribution < -0.4 is 18.9 Å². The Hall–Kier alpha value is -1.97. The van der Waals surface area contributed by atoms with E-state index in [1.165, 1.54) is 0 Å². The lowest BCUT2D eigenvalue weighted by Crippen LogP contribution is -2.19. The predicted octanol–water partition coefficient (Wildman–Crippen LogP) is 5.03. The molecule has 0 radical (unpaired) electrons. The summed E-state index contributed by atoms with van der Waals surface area (Å²) in [4.78, 5) is 11.9. The van der Waals surface area contributed by atoms with Gasteiger partial charge in [0.15, 0.2) is 0 Å². The predicted molar refractivity (Wildman–Crippen MR) is 133 cm³/mol. The van der Waals surface area contributed by atoms with Crippen molar-refractivity contribution in [1.82, 2.24) is 0 Å². The standard InChI is InChI=1S/C24H30Br2O7/c1-29-20-4-6-21(7-5-20)31-11-8-19(27)14-24(28)33-10-3-9-32-23-13-17(15-25)22(30-2)12-18(23)16-26/h4-7,12-13,19,27H,3,8-11,14-16H2,1-2H3. The first-order chi connectivity index (χ1) is 16.0. The first kappa shape index (κ1) is 27.3. The molecule has 0 aliphatic carbocycles. The van der Waals surface area contributed by atoms with Crippen molar-refractivity contribution >= 4 is 37.8 Å². The van der Waals surface area contributed by atoms with Crippen LogP contribution >= 0.6 is 31.9 Å². The molecular weight excluding hydrogens is 560 g/mol. The summed E-state index contributed by atoms with van der Waals surface area (Å²) in [5.41, 5.74) is 1.97. The van der Waals surface area contributed by atoms with Crippen LogP contribution in [0.15, 0.2) is 36.4 Å². The van der Waals surface area contributed by atoms with Gasteiger partial charge in [-0.25, -0.2) is 0 Å². The van der Waals surface area contributed by atoms with Crippen LogP contribution in [-0.4, -0.2) is 51.2 Å². The molecule has 0 aliphatic rings. The van der Waals surface area contributed by atoms with E-state index in [0.717, 1.165) is 28.4 Å². The van der Waals surface area contributed by atoms with Crippen LogP contribution in [0.25, 0.3) is 0 Å². The maximum atomic E-state index is 11.9. The number of benzene rings is 2. The molecule has 1 N–H and O–H groups in total. The third kappa shape index (κ3) is 9.43. The Morgan fingerprint density at radius 3 is 2.15 bits per heavy atom. The van der Waals surface area contributed by atoms with E-state index in [1.807, 2.05) is 12.1 Å². The highest BCUT2D eigenvalue weighted by molar-refractivity contribution is 9.08. The molecule has 0 fully saturated rings. The second-order valence-corrected chi connectivity index (χ2v) is 8.25. The Labute approximate surface area is 211 Å². The highest BCUT2D eigenvalue weighted by Crippen LogP contribution is 2.32. The minimum Gasteiger partial charge on any atom is -0.497 e. The largest absolute Gasteiger partial charge is 0.497 e. The molecule has 0 aromatic heterocycles. The average Bonchev–Trinajstić information content (AvgIpc) is 2.83. The lowest BCUT2D eigenvalue weighted by atomic mass is 10.1. The fourth-order valence-electron chi connectivity index (χ4n) is 2.94. The van der Waals surface area contributed by atoms with Gasteiger partial charge >= 0.3 is 5.97 Å². The number of aliphatic hydroxyl groups excluding tert-OH is 1. The van der Waals surface area contributed by atoms with Crippen LogP contribution in [0, 0.1) is 0 Å². The lowest BCUT2D eigenvalue weighted by Gasteiger charge is -2.15. The fourth-order valence-corrected chi connectivity index (χ4v) is 3.82. The highest BCUT2D eigenvalue weighted by Gasteiger charge is 2.13. The smallest absolute Gasteiger partial charge is 0.308 e. The van der Waals surface area contributed by atoms with Gasteiger partial charge in [0.25, 0.3) is 0 Å². The topological polar surface area (TPSA) is 83.5 Å². The maximum absolute atomic E-state index is 11.9. The number of carbonyl (C=O) groups excluding carboxylic acids is 1. The number of hydrogen-bond donors (Lipinski definition) is 1. The van der Waals surface area contributed by atoms with Gasteiger partial charge in [0.05, 0.1) is 46.6 Å². The van der Waals surface area contributed by atoms with Crippen molar-refractivity contribution in [2.24, 2.45) is 0 Å². The summed E-state index contributed by atoms with van der Waals surface area (Å²) >= 11 is 6.92. The summed E-state index contributed by atoms with van der Waals surface area (Å²) in [6.45, 7) is 0.918. The number of ether oxygens (including phenoxy) is 5. The quantitative estimate of drug-likeness (QED) is 0.177. The molecule has 2 aromatic rings. The van der Waals surface area contributed by atoms with E-state index in [0.29, 0.717) is 42.5 Å². The van der Waals surface area contributed by atoms with Crippen molar-refractivity contribution in [2.75, 3.05) is 34.0 Å². The van der Waals surface area contributed by atoms with Gasteiger partial charge in [-0.2, -0.15) is 0 Å². The first-order valence-corrected chi connectivity index (χ1v) is 12.8. The van der Waals surface area contributed by atoms with Gasteiger partial charge in [-0.15, -0.1) is 0 Å². The monoisotopic (exact) mass is 588 g/mol. The van der Waals surface area contributed by atoms with Crippen LogP contribution in [-0.2, 0) is 20.2 Å². The van der Waals surface area contributed by atoms with Crippen molar-refractivity contribution in [2.45, 2.75) is 36.0 Å². The van der Waals surface area contributed by atoms with E-state index in [-0.39, 0.29) is 13.0 Å².